The van der Waals surface area contributed by atoms with Crippen molar-refractivity contribution in [2.75, 3.05) is 26.4 Å². The summed E-state index contributed by atoms with van der Waals surface area (Å²) in [6.45, 7) is 4.37. The van der Waals surface area contributed by atoms with Crippen LogP contribution >= 0.6 is 7.82 Å². The molecule has 2 N–H and O–H groups in total. The van der Waals surface area contributed by atoms with Gasteiger partial charge in [-0.25, -0.2) is 4.57 Å². The molecule has 0 aromatic heterocycles. The van der Waals surface area contributed by atoms with Crippen LogP contribution in [0.2, 0.25) is 0 Å². The number of ether oxygens (including phenoxy) is 3. The van der Waals surface area contributed by atoms with Crippen molar-refractivity contribution < 1.29 is 52.2 Å². The maximum Gasteiger partial charge on any atom is 0.472 e. The third kappa shape index (κ3) is 47.7. The fraction of sp³-hybridized carbons (Fsp3) is 0.696. The Balaban J connectivity index is 4.80. The van der Waals surface area contributed by atoms with Crippen LogP contribution in [0.3, 0.4) is 0 Å². The summed E-state index contributed by atoms with van der Waals surface area (Å²) in [5.41, 5.74) is 0. The lowest BCUT2D eigenvalue weighted by molar-refractivity contribution is -0.161. The van der Waals surface area contributed by atoms with Crippen molar-refractivity contribution in [3.63, 3.8) is 0 Å². The highest BCUT2D eigenvalue weighted by Gasteiger charge is 2.28. The van der Waals surface area contributed by atoms with Crippen LogP contribution in [0, 0.1) is 0 Å². The van der Waals surface area contributed by atoms with E-state index in [2.05, 4.69) is 106 Å². The fourth-order valence-electron chi connectivity index (χ4n) is 6.71. The van der Waals surface area contributed by atoms with E-state index in [4.69, 9.17) is 23.3 Å². The molecule has 0 radical (unpaired) electrons. The van der Waals surface area contributed by atoms with E-state index in [1.54, 1.807) is 0 Å². The van der Waals surface area contributed by atoms with Crippen molar-refractivity contribution in [3.05, 3.63) is 85.1 Å². The second-order valence-corrected chi connectivity index (χ2v) is 18.8. The largest absolute Gasteiger partial charge is 0.472 e. The van der Waals surface area contributed by atoms with Gasteiger partial charge in [0.2, 0.25) is 0 Å². The van der Waals surface area contributed by atoms with Gasteiger partial charge >= 0.3 is 25.7 Å². The highest BCUT2D eigenvalue weighted by atomic mass is 31.2. The molecule has 12 heteroatoms. The van der Waals surface area contributed by atoms with Crippen LogP contribution in [0.4, 0.5) is 0 Å². The molecular weight excluding hydrogens is 880 g/mol. The molecule has 0 aliphatic rings. The summed E-state index contributed by atoms with van der Waals surface area (Å²) >= 11 is 0. The van der Waals surface area contributed by atoms with Gasteiger partial charge in [-0.2, -0.15) is 0 Å². The number of allylic oxidation sites excluding steroid dienone is 14. The number of phosphoric acid groups is 1. The minimum absolute atomic E-state index is 0.110. The van der Waals surface area contributed by atoms with Gasteiger partial charge in [0, 0.05) is 19.3 Å². The smallest absolute Gasteiger partial charge is 0.462 e. The molecule has 390 valence electrons. The second-order valence-electron chi connectivity index (χ2n) is 17.3. The Bertz CT molecular complexity index is 1460. The number of hydrogen-bond acceptors (Lipinski definition) is 10. The number of carbonyl (C=O) groups excluding carboxylic acids is 3. The maximum atomic E-state index is 12.8. The summed E-state index contributed by atoms with van der Waals surface area (Å²) in [7, 11) is -4.76. The highest BCUT2D eigenvalue weighted by molar-refractivity contribution is 7.47. The molecule has 0 saturated heterocycles. The van der Waals surface area contributed by atoms with Crippen LogP contribution in [0.25, 0.3) is 0 Å². The molecule has 0 bridgehead atoms. The van der Waals surface area contributed by atoms with Crippen molar-refractivity contribution in [3.8, 4) is 0 Å². The molecule has 0 aromatic rings. The molecule has 0 aromatic carbocycles. The zero-order valence-corrected chi connectivity index (χ0v) is 43.7. The van der Waals surface area contributed by atoms with Gasteiger partial charge in [0.25, 0.3) is 0 Å². The molecule has 3 atom stereocenters. The van der Waals surface area contributed by atoms with E-state index in [0.29, 0.717) is 19.3 Å². The van der Waals surface area contributed by atoms with Gasteiger partial charge < -0.3 is 24.2 Å². The lowest BCUT2D eigenvalue weighted by atomic mass is 10.1. The number of carbonyl (C=O) groups is 3. The van der Waals surface area contributed by atoms with E-state index in [1.165, 1.54) is 32.1 Å². The van der Waals surface area contributed by atoms with Crippen LogP contribution in [-0.2, 0) is 42.2 Å². The Morgan fingerprint density at radius 2 is 0.779 bits per heavy atom. The fourth-order valence-corrected chi connectivity index (χ4v) is 7.49. The van der Waals surface area contributed by atoms with Crippen molar-refractivity contribution in [1.82, 2.24) is 0 Å². The number of hydrogen-bond donors (Lipinski definition) is 2. The van der Waals surface area contributed by atoms with Gasteiger partial charge in [0.15, 0.2) is 6.10 Å². The van der Waals surface area contributed by atoms with Gasteiger partial charge in [0.1, 0.15) is 12.7 Å². The van der Waals surface area contributed by atoms with Crippen molar-refractivity contribution in [2.45, 2.75) is 226 Å². The molecule has 0 spiro atoms. The second kappa shape index (κ2) is 50.1. The summed E-state index contributed by atoms with van der Waals surface area (Å²) < 4.78 is 39.3. The molecule has 0 rings (SSSR count). The first kappa shape index (κ1) is 64.7. The summed E-state index contributed by atoms with van der Waals surface area (Å²) in [6.07, 6.45) is 55.5. The lowest BCUT2D eigenvalue weighted by Gasteiger charge is -2.21. The zero-order valence-electron chi connectivity index (χ0n) is 42.8. The number of esters is 3. The van der Waals surface area contributed by atoms with Gasteiger partial charge in [-0.05, 0) is 109 Å². The quantitative estimate of drug-likeness (QED) is 0.0197. The average molecular weight is 975 g/mol. The van der Waals surface area contributed by atoms with Crippen LogP contribution in [0.15, 0.2) is 85.1 Å². The van der Waals surface area contributed by atoms with E-state index in [9.17, 15) is 28.9 Å². The number of phosphoric ester groups is 1. The Hall–Kier alpha value is -3.34. The summed E-state index contributed by atoms with van der Waals surface area (Å²) in [4.78, 5) is 48.3. The van der Waals surface area contributed by atoms with Crippen LogP contribution in [-0.4, -0.2) is 66.5 Å². The Kier molecular flexibility index (Phi) is 47.6. The topological polar surface area (TPSA) is 155 Å². The van der Waals surface area contributed by atoms with E-state index in [1.807, 2.05) is 0 Å². The van der Waals surface area contributed by atoms with Crippen molar-refractivity contribution in [2.24, 2.45) is 0 Å². The Labute approximate surface area is 413 Å². The Morgan fingerprint density at radius 1 is 0.426 bits per heavy atom. The molecule has 0 heterocycles. The predicted octanol–water partition coefficient (Wildman–Crippen LogP) is 15.1. The lowest BCUT2D eigenvalue weighted by Crippen LogP contribution is -2.30. The molecule has 0 fully saturated rings. The van der Waals surface area contributed by atoms with Gasteiger partial charge in [-0.1, -0.05) is 170 Å². The van der Waals surface area contributed by atoms with E-state index in [0.717, 1.165) is 122 Å². The molecule has 0 aliphatic heterocycles. The molecule has 0 aliphatic carbocycles. The number of unbranched alkanes of at least 4 members (excludes halogenated alkanes) is 17. The monoisotopic (exact) mass is 975 g/mol. The third-order valence-electron chi connectivity index (χ3n) is 10.8. The summed E-state index contributed by atoms with van der Waals surface area (Å²) in [5, 5.41) is 9.78. The van der Waals surface area contributed by atoms with Crippen LogP contribution < -0.4 is 0 Å². The predicted molar refractivity (Wildman–Crippen MR) is 279 cm³/mol. The number of aliphatic hydroxyl groups excluding tert-OH is 1. The standard InChI is InChI=1S/C56H95O11P/c1-4-7-10-13-16-19-22-24-26-28-31-34-37-40-43-46-55(59)66-52(48-57)50-64-68(61,62)65-51-53(49-63-54(58)45-42-39-36-33-30-21-18-15-12-9-6-3)67-56(60)47-44-41-38-35-32-29-27-25-23-20-17-14-11-8-5-2/h8,11,15-20,24-27,32,35,52-53,57H,4-7,9-10,12-14,21-23,28-31,33-34,36-51H2,1-3H3,(H,61,62)/b11-8-,18-15-,19-16-,20-17-,26-24-,27-25-,35-32-. The van der Waals surface area contributed by atoms with Gasteiger partial charge in [-0.15, -0.1) is 0 Å². The number of rotatable bonds is 48. The first-order valence-electron chi connectivity index (χ1n) is 26.5. The molecule has 11 nitrogen and oxygen atoms in total. The molecule has 0 saturated carbocycles. The summed E-state index contributed by atoms with van der Waals surface area (Å²) in [6, 6.07) is 0. The van der Waals surface area contributed by atoms with Crippen molar-refractivity contribution >= 4 is 25.7 Å². The van der Waals surface area contributed by atoms with Gasteiger partial charge in [-0.3, -0.25) is 23.4 Å². The average Bonchev–Trinajstić information content (AvgIpc) is 3.32. The molecular formula is C56H95O11P. The first-order valence-corrected chi connectivity index (χ1v) is 28.0. The Morgan fingerprint density at radius 3 is 1.26 bits per heavy atom. The van der Waals surface area contributed by atoms with E-state index in [-0.39, 0.29) is 25.9 Å². The number of aliphatic hydroxyl groups is 1. The minimum Gasteiger partial charge on any atom is -0.462 e. The SMILES string of the molecule is CC/C=C\C/C=C\C/C=C\C/C=C\CCCCC(=O)OC(COC(=O)CCCCCCC/C=C\CCCC)COP(=O)(O)OCC(CO)OC(=O)CCCCCCC/C=C\C/C=C\CCCCC. The van der Waals surface area contributed by atoms with Crippen molar-refractivity contribution in [1.29, 1.82) is 0 Å². The van der Waals surface area contributed by atoms with E-state index >= 15 is 0 Å². The highest BCUT2D eigenvalue weighted by Crippen LogP contribution is 2.43. The molecule has 0 amide bonds. The van der Waals surface area contributed by atoms with Gasteiger partial charge in [0.05, 0.1) is 19.8 Å². The maximum absolute atomic E-state index is 12.8. The molecule has 3 unspecified atom stereocenters. The first-order chi connectivity index (χ1) is 33.2. The van der Waals surface area contributed by atoms with Crippen LogP contribution in [0.1, 0.15) is 213 Å². The van der Waals surface area contributed by atoms with E-state index < -0.39 is 57.8 Å². The third-order valence-corrected chi connectivity index (χ3v) is 11.7. The van der Waals surface area contributed by atoms with Crippen LogP contribution in [0.5, 0.6) is 0 Å². The zero-order chi connectivity index (χ0) is 49.9. The minimum atomic E-state index is -4.76. The summed E-state index contributed by atoms with van der Waals surface area (Å²) in [5.74, 6) is -1.55. The molecule has 68 heavy (non-hydrogen) atoms. The normalized spacial score (nSPS) is 14.1.